The molecular weight excluding hydrogens is 450 g/mol. The lowest BCUT2D eigenvalue weighted by Crippen LogP contribution is -2.53. The van der Waals surface area contributed by atoms with Crippen molar-refractivity contribution in [2.45, 2.75) is 71.6 Å². The summed E-state index contributed by atoms with van der Waals surface area (Å²) in [5, 5.41) is 5.70. The topological polar surface area (TPSA) is 87.7 Å². The van der Waals surface area contributed by atoms with Gasteiger partial charge in [0.05, 0.1) is 0 Å². The molecular formula is C26H41N3O4S. The maximum atomic E-state index is 13.8. The maximum absolute atomic E-state index is 13.8. The summed E-state index contributed by atoms with van der Waals surface area (Å²) in [4.78, 5) is 41.2. The highest BCUT2D eigenvalue weighted by molar-refractivity contribution is 7.98. The molecule has 2 atom stereocenters. The number of hydrogen-bond acceptors (Lipinski definition) is 5. The molecule has 0 aliphatic heterocycles. The van der Waals surface area contributed by atoms with Gasteiger partial charge in [-0.2, -0.15) is 11.8 Å². The summed E-state index contributed by atoms with van der Waals surface area (Å²) >= 11 is 1.58. The van der Waals surface area contributed by atoms with Gasteiger partial charge >= 0.3 is 6.09 Å². The molecule has 0 bridgehead atoms. The molecule has 34 heavy (non-hydrogen) atoms. The Labute approximate surface area is 209 Å². The van der Waals surface area contributed by atoms with E-state index in [1.54, 1.807) is 38.6 Å². The number of rotatable bonds is 13. The van der Waals surface area contributed by atoms with Crippen LogP contribution in [0.5, 0.6) is 0 Å². The molecule has 1 aromatic carbocycles. The summed E-state index contributed by atoms with van der Waals surface area (Å²) in [5.41, 5.74) is 0.953. The Morgan fingerprint density at radius 2 is 1.91 bits per heavy atom. The third-order valence-electron chi connectivity index (χ3n) is 5.08. The Balaban J connectivity index is 3.36. The first-order chi connectivity index (χ1) is 16.1. The average Bonchev–Trinajstić information content (AvgIpc) is 2.76. The number of nitrogens with one attached hydrogen (secondary N) is 2. The number of thioether (sulfide) groups is 1. The van der Waals surface area contributed by atoms with E-state index in [0.717, 1.165) is 24.0 Å². The van der Waals surface area contributed by atoms with Gasteiger partial charge in [0.25, 0.3) is 0 Å². The highest BCUT2D eigenvalue weighted by Gasteiger charge is 2.36. The number of carbonyl (C=O) groups is 3. The van der Waals surface area contributed by atoms with Crippen LogP contribution in [0.1, 0.15) is 64.1 Å². The van der Waals surface area contributed by atoms with Crippen LogP contribution in [0, 0.1) is 6.92 Å². The van der Waals surface area contributed by atoms with E-state index in [2.05, 4.69) is 24.1 Å². The van der Waals surface area contributed by atoms with Gasteiger partial charge < -0.3 is 20.3 Å². The molecule has 1 aromatic rings. The van der Waals surface area contributed by atoms with Gasteiger partial charge in [-0.1, -0.05) is 43.7 Å². The summed E-state index contributed by atoms with van der Waals surface area (Å²) in [6, 6.07) is 5.85. The minimum Gasteiger partial charge on any atom is -0.444 e. The fourth-order valence-electron chi connectivity index (χ4n) is 3.43. The summed E-state index contributed by atoms with van der Waals surface area (Å²) in [5.74, 6) is 0.0591. The number of nitrogens with zero attached hydrogens (tertiary/aromatic N) is 1. The Morgan fingerprint density at radius 1 is 1.24 bits per heavy atom. The van der Waals surface area contributed by atoms with E-state index >= 15 is 0 Å². The molecule has 8 heteroatoms. The fourth-order valence-corrected chi connectivity index (χ4v) is 3.91. The molecule has 3 amide bonds. The van der Waals surface area contributed by atoms with Crippen molar-refractivity contribution in [1.29, 1.82) is 0 Å². The third-order valence-corrected chi connectivity index (χ3v) is 5.73. The highest BCUT2D eigenvalue weighted by Crippen LogP contribution is 2.26. The molecule has 0 aliphatic rings. The van der Waals surface area contributed by atoms with Crippen LogP contribution in [0.4, 0.5) is 4.79 Å². The number of unbranched alkanes of at least 4 members (excludes halogenated alkanes) is 1. The van der Waals surface area contributed by atoms with Gasteiger partial charge in [-0.05, 0) is 63.7 Å². The second kappa shape index (κ2) is 14.7. The number of carbonyl (C=O) groups excluding carboxylic acids is 3. The van der Waals surface area contributed by atoms with Gasteiger partial charge in [0.1, 0.15) is 17.7 Å². The van der Waals surface area contributed by atoms with Crippen molar-refractivity contribution in [2.24, 2.45) is 0 Å². The molecule has 190 valence electrons. The maximum Gasteiger partial charge on any atom is 0.408 e. The van der Waals surface area contributed by atoms with Crippen LogP contribution in [0.2, 0.25) is 0 Å². The summed E-state index contributed by atoms with van der Waals surface area (Å²) in [7, 11) is 0. The fraction of sp³-hybridized carbons (Fsp3) is 0.577. The van der Waals surface area contributed by atoms with Gasteiger partial charge in [0, 0.05) is 13.1 Å². The van der Waals surface area contributed by atoms with Crippen molar-refractivity contribution in [3.8, 4) is 0 Å². The molecule has 2 N–H and O–H groups in total. The van der Waals surface area contributed by atoms with Crippen LogP contribution < -0.4 is 10.6 Å². The number of hydrogen-bond donors (Lipinski definition) is 2. The molecule has 0 radical (unpaired) electrons. The largest absolute Gasteiger partial charge is 0.444 e. The predicted octanol–water partition coefficient (Wildman–Crippen LogP) is 4.61. The lowest BCUT2D eigenvalue weighted by molar-refractivity contribution is -0.141. The second-order valence-electron chi connectivity index (χ2n) is 9.16. The van der Waals surface area contributed by atoms with Gasteiger partial charge in [-0.3, -0.25) is 9.59 Å². The zero-order chi connectivity index (χ0) is 25.7. The Morgan fingerprint density at radius 3 is 2.47 bits per heavy atom. The zero-order valence-corrected chi connectivity index (χ0v) is 22.3. The van der Waals surface area contributed by atoms with Crippen molar-refractivity contribution in [1.82, 2.24) is 15.5 Å². The van der Waals surface area contributed by atoms with E-state index in [-0.39, 0.29) is 18.4 Å². The monoisotopic (exact) mass is 491 g/mol. The summed E-state index contributed by atoms with van der Waals surface area (Å²) < 4.78 is 5.39. The number of benzene rings is 1. The van der Waals surface area contributed by atoms with Gasteiger partial charge in [-0.25, -0.2) is 4.79 Å². The molecule has 2 unspecified atom stereocenters. The first kappa shape index (κ1) is 29.6. The minimum absolute atomic E-state index is 0.158. The predicted molar refractivity (Wildman–Crippen MR) is 140 cm³/mol. The van der Waals surface area contributed by atoms with Crippen molar-refractivity contribution >= 4 is 29.7 Å². The van der Waals surface area contributed by atoms with Crippen LogP contribution in [0.15, 0.2) is 36.9 Å². The van der Waals surface area contributed by atoms with Crippen LogP contribution >= 0.6 is 11.8 Å². The van der Waals surface area contributed by atoms with E-state index in [1.165, 1.54) is 4.90 Å². The van der Waals surface area contributed by atoms with Gasteiger partial charge in [0.15, 0.2) is 0 Å². The molecule has 0 saturated carbocycles. The first-order valence-corrected chi connectivity index (χ1v) is 13.2. The molecule has 0 spiro atoms. The molecule has 0 aliphatic carbocycles. The smallest absolute Gasteiger partial charge is 0.408 e. The van der Waals surface area contributed by atoms with Crippen molar-refractivity contribution in [3.05, 3.63) is 48.0 Å². The quantitative estimate of drug-likeness (QED) is 0.311. The Kier molecular flexibility index (Phi) is 12.8. The standard InChI is InChI=1S/C26H41N3O4S/c1-8-10-16-27-23(30)22(20-14-12-11-13-19(20)3)29(17-9-2)24(31)21(15-18-34-7)28-25(32)33-26(4,5)6/h9,11-14,21-22H,2,8,10,15-18H2,1,3-7H3,(H,27,30)(H,28,32). The summed E-state index contributed by atoms with van der Waals surface area (Å²) in [6.45, 7) is 13.8. The lowest BCUT2D eigenvalue weighted by atomic mass is 9.97. The number of alkyl carbamates (subject to hydrolysis) is 1. The zero-order valence-electron chi connectivity index (χ0n) is 21.5. The molecule has 1 rings (SSSR count). The summed E-state index contributed by atoms with van der Waals surface area (Å²) in [6.07, 6.45) is 5.07. The van der Waals surface area contributed by atoms with E-state index < -0.39 is 23.8 Å². The average molecular weight is 492 g/mol. The van der Waals surface area contributed by atoms with Crippen molar-refractivity contribution < 1.29 is 19.1 Å². The van der Waals surface area contributed by atoms with Crippen LogP contribution in [0.25, 0.3) is 0 Å². The Hall–Kier alpha value is -2.48. The molecule has 0 aromatic heterocycles. The number of aryl methyl sites for hydroxylation is 1. The van der Waals surface area contributed by atoms with Crippen molar-refractivity contribution in [3.63, 3.8) is 0 Å². The SMILES string of the molecule is C=CCN(C(=O)C(CCSC)NC(=O)OC(C)(C)C)C(C(=O)NCCCC)c1ccccc1C. The van der Waals surface area contributed by atoms with E-state index in [4.69, 9.17) is 4.74 Å². The third kappa shape index (κ3) is 9.79. The van der Waals surface area contributed by atoms with E-state index in [1.807, 2.05) is 37.4 Å². The highest BCUT2D eigenvalue weighted by atomic mass is 32.2. The normalized spacial score (nSPS) is 12.9. The van der Waals surface area contributed by atoms with E-state index in [9.17, 15) is 14.4 Å². The molecule has 0 heterocycles. The Bertz CT molecular complexity index is 823. The van der Waals surface area contributed by atoms with Crippen LogP contribution in [-0.2, 0) is 14.3 Å². The minimum atomic E-state index is -0.847. The van der Waals surface area contributed by atoms with Crippen molar-refractivity contribution in [2.75, 3.05) is 25.1 Å². The van der Waals surface area contributed by atoms with Crippen LogP contribution in [-0.4, -0.2) is 59.5 Å². The number of ether oxygens (including phenoxy) is 1. The van der Waals surface area contributed by atoms with Gasteiger partial charge in [-0.15, -0.1) is 6.58 Å². The van der Waals surface area contributed by atoms with Gasteiger partial charge in [0.2, 0.25) is 11.8 Å². The second-order valence-corrected chi connectivity index (χ2v) is 10.1. The molecule has 0 fully saturated rings. The molecule has 0 saturated heterocycles. The first-order valence-electron chi connectivity index (χ1n) is 11.8. The molecule has 7 nitrogen and oxygen atoms in total. The van der Waals surface area contributed by atoms with Crippen LogP contribution in [0.3, 0.4) is 0 Å². The lowest BCUT2D eigenvalue weighted by Gasteiger charge is -2.34. The number of amides is 3. The van der Waals surface area contributed by atoms with E-state index in [0.29, 0.717) is 18.7 Å².